The second-order valence-electron chi connectivity index (χ2n) is 2.82. The smallest absolute Gasteiger partial charge is 0.125 e. The number of aromatic nitrogens is 1. The Balaban J connectivity index is 2.46. The summed E-state index contributed by atoms with van der Waals surface area (Å²) in [5.41, 5.74) is 0.598. The molecule has 0 aliphatic carbocycles. The van der Waals surface area contributed by atoms with Crippen LogP contribution in [0.15, 0.2) is 18.3 Å². The summed E-state index contributed by atoms with van der Waals surface area (Å²) in [6.45, 7) is 3.09. The molecule has 1 heterocycles. The van der Waals surface area contributed by atoms with Crippen molar-refractivity contribution < 1.29 is 0 Å². The van der Waals surface area contributed by atoms with Gasteiger partial charge < -0.3 is 5.32 Å². The average molecular weight is 175 g/mol. The van der Waals surface area contributed by atoms with Crippen LogP contribution in [0, 0.1) is 11.3 Å². The predicted octanol–water partition coefficient (Wildman–Crippen LogP) is 2.17. The molecule has 68 valence electrons. The fourth-order valence-electron chi connectivity index (χ4n) is 0.958. The summed E-state index contributed by atoms with van der Waals surface area (Å²) in [4.78, 5) is 4.09. The summed E-state index contributed by atoms with van der Waals surface area (Å²) in [5.74, 6) is 0.840. The van der Waals surface area contributed by atoms with Crippen LogP contribution in [0.25, 0.3) is 0 Å². The Morgan fingerprint density at radius 2 is 2.38 bits per heavy atom. The van der Waals surface area contributed by atoms with Crippen LogP contribution in [-0.4, -0.2) is 11.5 Å². The molecule has 0 aliphatic heterocycles. The molecule has 3 nitrogen and oxygen atoms in total. The van der Waals surface area contributed by atoms with E-state index in [4.69, 9.17) is 5.26 Å². The lowest BCUT2D eigenvalue weighted by Crippen LogP contribution is -2.02. The van der Waals surface area contributed by atoms with E-state index in [-0.39, 0.29) is 0 Å². The van der Waals surface area contributed by atoms with Gasteiger partial charge in [0.1, 0.15) is 11.9 Å². The minimum absolute atomic E-state index is 0.598. The monoisotopic (exact) mass is 175 g/mol. The quantitative estimate of drug-likeness (QED) is 0.713. The van der Waals surface area contributed by atoms with Gasteiger partial charge in [0.15, 0.2) is 0 Å². The van der Waals surface area contributed by atoms with Crippen molar-refractivity contribution >= 4 is 5.82 Å². The molecule has 0 aliphatic rings. The number of nitriles is 1. The summed E-state index contributed by atoms with van der Waals surface area (Å²) < 4.78 is 0. The van der Waals surface area contributed by atoms with Crippen LogP contribution in [0.2, 0.25) is 0 Å². The van der Waals surface area contributed by atoms with Crippen LogP contribution >= 0.6 is 0 Å². The van der Waals surface area contributed by atoms with E-state index >= 15 is 0 Å². The number of hydrogen-bond donors (Lipinski definition) is 1. The molecule has 1 rings (SSSR count). The zero-order valence-corrected chi connectivity index (χ0v) is 7.75. The van der Waals surface area contributed by atoms with Gasteiger partial charge in [0.2, 0.25) is 0 Å². The Morgan fingerprint density at radius 1 is 1.54 bits per heavy atom. The van der Waals surface area contributed by atoms with Crippen molar-refractivity contribution in [3.8, 4) is 6.07 Å². The van der Waals surface area contributed by atoms with E-state index in [1.165, 1.54) is 6.42 Å². The minimum atomic E-state index is 0.598. The topological polar surface area (TPSA) is 48.7 Å². The number of rotatable bonds is 4. The van der Waals surface area contributed by atoms with Crippen molar-refractivity contribution in [1.82, 2.24) is 4.98 Å². The van der Waals surface area contributed by atoms with Crippen molar-refractivity contribution in [3.63, 3.8) is 0 Å². The molecule has 0 saturated carbocycles. The highest BCUT2D eigenvalue weighted by Crippen LogP contribution is 2.03. The molecule has 0 aromatic carbocycles. The first-order valence-electron chi connectivity index (χ1n) is 4.47. The summed E-state index contributed by atoms with van der Waals surface area (Å²) in [7, 11) is 0. The molecule has 0 spiro atoms. The van der Waals surface area contributed by atoms with Crippen LogP contribution in [0.4, 0.5) is 5.82 Å². The van der Waals surface area contributed by atoms with Crippen LogP contribution in [0.5, 0.6) is 0 Å². The molecule has 0 unspecified atom stereocenters. The third-order valence-corrected chi connectivity index (χ3v) is 1.73. The SMILES string of the molecule is CCCCNc1ccc(C#N)cn1. The molecule has 13 heavy (non-hydrogen) atoms. The van der Waals surface area contributed by atoms with E-state index in [2.05, 4.69) is 17.2 Å². The number of anilines is 1. The second-order valence-corrected chi connectivity index (χ2v) is 2.82. The number of nitrogens with one attached hydrogen (secondary N) is 1. The van der Waals surface area contributed by atoms with Crippen molar-refractivity contribution in [2.45, 2.75) is 19.8 Å². The zero-order chi connectivity index (χ0) is 9.52. The van der Waals surface area contributed by atoms with Gasteiger partial charge in [-0.05, 0) is 18.6 Å². The first-order valence-corrected chi connectivity index (χ1v) is 4.47. The molecule has 0 radical (unpaired) electrons. The molecule has 0 atom stereocenters. The van der Waals surface area contributed by atoms with E-state index in [9.17, 15) is 0 Å². The lowest BCUT2D eigenvalue weighted by atomic mass is 10.3. The van der Waals surface area contributed by atoms with Gasteiger partial charge in [-0.3, -0.25) is 0 Å². The summed E-state index contributed by atoms with van der Waals surface area (Å²) in [5, 5.41) is 11.7. The van der Waals surface area contributed by atoms with Gasteiger partial charge in [-0.25, -0.2) is 4.98 Å². The third-order valence-electron chi connectivity index (χ3n) is 1.73. The first kappa shape index (κ1) is 9.53. The van der Waals surface area contributed by atoms with Gasteiger partial charge >= 0.3 is 0 Å². The van der Waals surface area contributed by atoms with E-state index in [1.807, 2.05) is 12.1 Å². The molecule has 1 aromatic heterocycles. The van der Waals surface area contributed by atoms with Gasteiger partial charge in [-0.15, -0.1) is 0 Å². The number of nitrogens with zero attached hydrogens (tertiary/aromatic N) is 2. The average Bonchev–Trinajstić information content (AvgIpc) is 2.19. The molecule has 0 bridgehead atoms. The Hall–Kier alpha value is -1.56. The molecule has 0 amide bonds. The second kappa shape index (κ2) is 5.15. The highest BCUT2D eigenvalue weighted by atomic mass is 15.0. The van der Waals surface area contributed by atoms with Crippen molar-refractivity contribution in [3.05, 3.63) is 23.9 Å². The number of hydrogen-bond acceptors (Lipinski definition) is 3. The maximum Gasteiger partial charge on any atom is 0.125 e. The fourth-order valence-corrected chi connectivity index (χ4v) is 0.958. The van der Waals surface area contributed by atoms with E-state index in [0.29, 0.717) is 5.56 Å². The van der Waals surface area contributed by atoms with Gasteiger partial charge in [0.05, 0.1) is 5.56 Å². The van der Waals surface area contributed by atoms with E-state index in [1.54, 1.807) is 12.3 Å². The van der Waals surface area contributed by atoms with Crippen molar-refractivity contribution in [2.24, 2.45) is 0 Å². The van der Waals surface area contributed by atoms with Gasteiger partial charge in [0.25, 0.3) is 0 Å². The molecule has 1 aromatic rings. The minimum Gasteiger partial charge on any atom is -0.370 e. The van der Waals surface area contributed by atoms with Crippen molar-refractivity contribution in [2.75, 3.05) is 11.9 Å². The number of pyridine rings is 1. The summed E-state index contributed by atoms with van der Waals surface area (Å²) in [6.07, 6.45) is 3.89. The lowest BCUT2D eigenvalue weighted by molar-refractivity contribution is 0.831. The maximum atomic E-state index is 8.53. The molecular formula is C10H13N3. The highest BCUT2D eigenvalue weighted by molar-refractivity contribution is 5.38. The normalized spacial score (nSPS) is 9.23. The van der Waals surface area contributed by atoms with Crippen LogP contribution in [0.3, 0.4) is 0 Å². The Morgan fingerprint density at radius 3 is 2.92 bits per heavy atom. The summed E-state index contributed by atoms with van der Waals surface area (Å²) >= 11 is 0. The molecule has 1 N–H and O–H groups in total. The van der Waals surface area contributed by atoms with Gasteiger partial charge in [-0.2, -0.15) is 5.26 Å². The van der Waals surface area contributed by atoms with Crippen LogP contribution in [0.1, 0.15) is 25.3 Å². The number of unbranched alkanes of at least 4 members (excludes halogenated alkanes) is 1. The third kappa shape index (κ3) is 3.12. The van der Waals surface area contributed by atoms with Gasteiger partial charge in [-0.1, -0.05) is 13.3 Å². The Kier molecular flexibility index (Phi) is 3.77. The summed E-state index contributed by atoms with van der Waals surface area (Å²) in [6, 6.07) is 5.62. The first-order chi connectivity index (χ1) is 6.36. The lowest BCUT2D eigenvalue weighted by Gasteiger charge is -2.02. The zero-order valence-electron chi connectivity index (χ0n) is 7.75. The molecular weight excluding hydrogens is 162 g/mol. The molecule has 0 fully saturated rings. The standard InChI is InChI=1S/C10H13N3/c1-2-3-6-12-10-5-4-9(7-11)8-13-10/h4-5,8H,2-3,6H2,1H3,(H,12,13). The van der Waals surface area contributed by atoms with Crippen LogP contribution in [-0.2, 0) is 0 Å². The Labute approximate surface area is 78.4 Å². The largest absolute Gasteiger partial charge is 0.370 e. The van der Waals surface area contributed by atoms with E-state index in [0.717, 1.165) is 18.8 Å². The van der Waals surface area contributed by atoms with Crippen molar-refractivity contribution in [1.29, 1.82) is 5.26 Å². The van der Waals surface area contributed by atoms with E-state index < -0.39 is 0 Å². The fraction of sp³-hybridized carbons (Fsp3) is 0.400. The Bertz CT molecular complexity index is 284. The van der Waals surface area contributed by atoms with Crippen LogP contribution < -0.4 is 5.32 Å². The molecule has 0 saturated heterocycles. The highest BCUT2D eigenvalue weighted by Gasteiger charge is 1.92. The predicted molar refractivity (Wildman–Crippen MR) is 52.3 cm³/mol. The maximum absolute atomic E-state index is 8.53. The van der Waals surface area contributed by atoms with Gasteiger partial charge in [0, 0.05) is 12.7 Å². The molecule has 3 heteroatoms.